The average molecular weight is 431 g/mol. The molecule has 3 aromatic rings. The summed E-state index contributed by atoms with van der Waals surface area (Å²) in [5.74, 6) is -0.211. The SMILES string of the molecule is COc1cnc(-c2cc(Cl)ccc2F)nc1Nc1ccncc1C(=O)NCC(C)N. The Balaban J connectivity index is 1.97. The zero-order chi connectivity index (χ0) is 21.7. The van der Waals surface area contributed by atoms with Gasteiger partial charge in [-0.15, -0.1) is 0 Å². The summed E-state index contributed by atoms with van der Waals surface area (Å²) in [6, 6.07) is 5.53. The number of hydrogen-bond donors (Lipinski definition) is 3. The van der Waals surface area contributed by atoms with E-state index in [0.717, 1.165) is 0 Å². The molecule has 4 N–H and O–H groups in total. The van der Waals surface area contributed by atoms with Gasteiger partial charge in [-0.05, 0) is 31.2 Å². The number of aromatic nitrogens is 3. The summed E-state index contributed by atoms with van der Waals surface area (Å²) in [5.41, 5.74) is 6.55. The molecule has 0 saturated carbocycles. The maximum atomic E-state index is 14.3. The van der Waals surface area contributed by atoms with Crippen molar-refractivity contribution in [2.24, 2.45) is 5.73 Å². The maximum Gasteiger partial charge on any atom is 0.255 e. The van der Waals surface area contributed by atoms with Crippen LogP contribution in [0, 0.1) is 5.82 Å². The van der Waals surface area contributed by atoms with Crippen molar-refractivity contribution in [3.8, 4) is 17.1 Å². The molecule has 8 nitrogen and oxygen atoms in total. The second-order valence-electron chi connectivity index (χ2n) is 6.47. The van der Waals surface area contributed by atoms with E-state index in [9.17, 15) is 9.18 Å². The van der Waals surface area contributed by atoms with Gasteiger partial charge < -0.3 is 21.1 Å². The number of nitrogens with zero attached hydrogens (tertiary/aromatic N) is 3. The molecule has 1 atom stereocenters. The predicted octanol–water partition coefficient (Wildman–Crippen LogP) is 3.16. The number of hydrogen-bond acceptors (Lipinski definition) is 7. The van der Waals surface area contributed by atoms with Gasteiger partial charge in [-0.25, -0.2) is 14.4 Å². The molecule has 0 aliphatic heterocycles. The molecule has 3 rings (SSSR count). The van der Waals surface area contributed by atoms with Crippen molar-refractivity contribution in [3.05, 3.63) is 59.3 Å². The van der Waals surface area contributed by atoms with Crippen molar-refractivity contribution >= 4 is 29.0 Å². The van der Waals surface area contributed by atoms with Crippen LogP contribution in [-0.4, -0.2) is 40.6 Å². The summed E-state index contributed by atoms with van der Waals surface area (Å²) in [6.45, 7) is 2.09. The van der Waals surface area contributed by atoms with E-state index in [4.69, 9.17) is 22.1 Å². The number of benzene rings is 1. The Labute approximate surface area is 177 Å². The number of pyridine rings is 1. The minimum absolute atomic E-state index is 0.107. The van der Waals surface area contributed by atoms with Crippen LogP contribution in [0.4, 0.5) is 15.9 Å². The molecule has 10 heteroatoms. The summed E-state index contributed by atoms with van der Waals surface area (Å²) in [6.07, 6.45) is 4.35. The molecule has 0 spiro atoms. The van der Waals surface area contributed by atoms with Crippen LogP contribution in [0.5, 0.6) is 5.75 Å². The van der Waals surface area contributed by atoms with Crippen molar-refractivity contribution in [2.45, 2.75) is 13.0 Å². The van der Waals surface area contributed by atoms with Crippen molar-refractivity contribution in [1.29, 1.82) is 0 Å². The molecular weight excluding hydrogens is 411 g/mol. The summed E-state index contributed by atoms with van der Waals surface area (Å²) in [4.78, 5) is 25.0. The van der Waals surface area contributed by atoms with Crippen molar-refractivity contribution in [2.75, 3.05) is 19.0 Å². The van der Waals surface area contributed by atoms with Crippen LogP contribution in [0.15, 0.2) is 42.9 Å². The number of halogens is 2. The first-order chi connectivity index (χ1) is 14.4. The van der Waals surface area contributed by atoms with Crippen LogP contribution in [0.2, 0.25) is 5.02 Å². The van der Waals surface area contributed by atoms with Gasteiger partial charge in [-0.3, -0.25) is 9.78 Å². The van der Waals surface area contributed by atoms with E-state index >= 15 is 0 Å². The molecule has 0 bridgehead atoms. The molecule has 0 radical (unpaired) electrons. The van der Waals surface area contributed by atoms with E-state index in [1.165, 1.54) is 43.9 Å². The summed E-state index contributed by atoms with van der Waals surface area (Å²) >= 11 is 5.98. The quantitative estimate of drug-likeness (QED) is 0.527. The summed E-state index contributed by atoms with van der Waals surface area (Å²) in [7, 11) is 1.45. The zero-order valence-electron chi connectivity index (χ0n) is 16.3. The normalized spacial score (nSPS) is 11.6. The first kappa shape index (κ1) is 21.4. The van der Waals surface area contributed by atoms with Gasteiger partial charge in [0.15, 0.2) is 17.4 Å². The standard InChI is InChI=1S/C20H20ClFN6O2/c1-11(23)8-26-20(29)14-9-24-6-5-16(14)27-19-17(30-2)10-25-18(28-19)13-7-12(21)3-4-15(13)22/h3-7,9-11H,8,23H2,1-2H3,(H,26,29)(H,24,25,27,28). The average Bonchev–Trinajstić information content (AvgIpc) is 2.74. The Morgan fingerprint density at radius 3 is 2.87 bits per heavy atom. The maximum absolute atomic E-state index is 14.3. The van der Waals surface area contributed by atoms with E-state index in [0.29, 0.717) is 23.0 Å². The molecule has 1 aromatic carbocycles. The second-order valence-corrected chi connectivity index (χ2v) is 6.90. The molecule has 0 aliphatic rings. The topological polar surface area (TPSA) is 115 Å². The number of ether oxygens (including phenoxy) is 1. The van der Waals surface area contributed by atoms with E-state index in [1.54, 1.807) is 13.0 Å². The molecule has 30 heavy (non-hydrogen) atoms. The number of carbonyl (C=O) groups excluding carboxylic acids is 1. The van der Waals surface area contributed by atoms with Crippen LogP contribution in [-0.2, 0) is 0 Å². The van der Waals surface area contributed by atoms with Crippen LogP contribution in [0.1, 0.15) is 17.3 Å². The van der Waals surface area contributed by atoms with Crippen LogP contribution in [0.25, 0.3) is 11.4 Å². The van der Waals surface area contributed by atoms with E-state index < -0.39 is 5.82 Å². The lowest BCUT2D eigenvalue weighted by molar-refractivity contribution is 0.0952. The monoisotopic (exact) mass is 430 g/mol. The molecule has 156 valence electrons. The minimum atomic E-state index is -0.518. The summed E-state index contributed by atoms with van der Waals surface area (Å²) < 4.78 is 19.6. The van der Waals surface area contributed by atoms with E-state index in [1.807, 2.05) is 0 Å². The van der Waals surface area contributed by atoms with Gasteiger partial charge in [-0.2, -0.15) is 0 Å². The predicted molar refractivity (Wildman–Crippen MR) is 112 cm³/mol. The lowest BCUT2D eigenvalue weighted by Gasteiger charge is -2.15. The third-order valence-corrected chi connectivity index (χ3v) is 4.28. The molecule has 0 aliphatic carbocycles. The van der Waals surface area contributed by atoms with Gasteiger partial charge in [0.05, 0.1) is 30.1 Å². The van der Waals surface area contributed by atoms with Crippen LogP contribution >= 0.6 is 11.6 Å². The molecule has 2 aromatic heterocycles. The first-order valence-electron chi connectivity index (χ1n) is 9.00. The number of nitrogens with two attached hydrogens (primary N) is 1. The molecule has 0 fully saturated rings. The second kappa shape index (κ2) is 9.47. The number of methoxy groups -OCH3 is 1. The third kappa shape index (κ3) is 5.00. The Hall–Kier alpha value is -3.30. The minimum Gasteiger partial charge on any atom is -0.491 e. The Morgan fingerprint density at radius 2 is 2.13 bits per heavy atom. The number of anilines is 2. The molecule has 1 amide bonds. The van der Waals surface area contributed by atoms with Crippen molar-refractivity contribution in [1.82, 2.24) is 20.3 Å². The zero-order valence-corrected chi connectivity index (χ0v) is 17.1. The molecule has 1 unspecified atom stereocenters. The molecule has 0 saturated heterocycles. The van der Waals surface area contributed by atoms with Crippen molar-refractivity contribution in [3.63, 3.8) is 0 Å². The Morgan fingerprint density at radius 1 is 1.33 bits per heavy atom. The Bertz CT molecular complexity index is 1060. The number of carbonyl (C=O) groups is 1. The number of rotatable bonds is 7. The number of amides is 1. The van der Waals surface area contributed by atoms with Gasteiger partial charge in [0.25, 0.3) is 5.91 Å². The smallest absolute Gasteiger partial charge is 0.255 e. The van der Waals surface area contributed by atoms with Gasteiger partial charge in [-0.1, -0.05) is 11.6 Å². The highest BCUT2D eigenvalue weighted by Gasteiger charge is 2.17. The van der Waals surface area contributed by atoms with Crippen LogP contribution in [0.3, 0.4) is 0 Å². The number of nitrogens with one attached hydrogen (secondary N) is 2. The molecule has 2 heterocycles. The van der Waals surface area contributed by atoms with E-state index in [-0.39, 0.29) is 34.7 Å². The van der Waals surface area contributed by atoms with Gasteiger partial charge in [0.1, 0.15) is 5.82 Å². The highest BCUT2D eigenvalue weighted by Crippen LogP contribution is 2.30. The largest absolute Gasteiger partial charge is 0.491 e. The lowest BCUT2D eigenvalue weighted by Crippen LogP contribution is -2.35. The van der Waals surface area contributed by atoms with E-state index in [2.05, 4.69) is 25.6 Å². The van der Waals surface area contributed by atoms with Crippen molar-refractivity contribution < 1.29 is 13.9 Å². The first-order valence-corrected chi connectivity index (χ1v) is 9.38. The fourth-order valence-electron chi connectivity index (χ4n) is 2.57. The highest BCUT2D eigenvalue weighted by atomic mass is 35.5. The highest BCUT2D eigenvalue weighted by molar-refractivity contribution is 6.30. The fourth-order valence-corrected chi connectivity index (χ4v) is 2.74. The Kier molecular flexibility index (Phi) is 6.76. The lowest BCUT2D eigenvalue weighted by atomic mass is 10.2. The third-order valence-electron chi connectivity index (χ3n) is 4.05. The van der Waals surface area contributed by atoms with Gasteiger partial charge in [0.2, 0.25) is 0 Å². The van der Waals surface area contributed by atoms with Gasteiger partial charge in [0, 0.05) is 30.0 Å². The fraction of sp³-hybridized carbons (Fsp3) is 0.200. The van der Waals surface area contributed by atoms with Crippen LogP contribution < -0.4 is 21.1 Å². The summed E-state index contributed by atoms with van der Waals surface area (Å²) in [5, 5.41) is 6.12. The van der Waals surface area contributed by atoms with Gasteiger partial charge >= 0.3 is 0 Å². The molecular formula is C20H20ClFN6O2.